The van der Waals surface area contributed by atoms with Crippen LogP contribution in [0, 0.1) is 0 Å². The van der Waals surface area contributed by atoms with Gasteiger partial charge >= 0.3 is 0 Å². The molecule has 1 atom stereocenters. The normalized spacial score (nSPS) is 13.1. The Morgan fingerprint density at radius 2 is 1.86 bits per heavy atom. The largest absolute Gasteiger partial charge is 0.382 e. The lowest BCUT2D eigenvalue weighted by Gasteiger charge is -2.14. The summed E-state index contributed by atoms with van der Waals surface area (Å²) in [5.41, 5.74) is 0. The van der Waals surface area contributed by atoms with E-state index in [1.807, 2.05) is 0 Å². The maximum absolute atomic E-state index is 5.22. The predicted octanol–water partition coefficient (Wildman–Crippen LogP) is 0.237. The third kappa shape index (κ3) is 8.44. The lowest BCUT2D eigenvalue weighted by Crippen LogP contribution is -2.33. The molecule has 4 nitrogen and oxygen atoms in total. The summed E-state index contributed by atoms with van der Waals surface area (Å²) in [6.07, 6.45) is 1.32. The first-order valence-corrected chi connectivity index (χ1v) is 5.28. The highest BCUT2D eigenvalue weighted by atomic mass is 16.5. The smallest absolute Gasteiger partial charge is 0.0928 e. The van der Waals surface area contributed by atoms with Crippen molar-refractivity contribution >= 4 is 0 Å². The van der Waals surface area contributed by atoms with Crippen LogP contribution < -0.4 is 10.6 Å². The fraction of sp³-hybridized carbons (Fsp3) is 1.00. The van der Waals surface area contributed by atoms with Crippen LogP contribution in [0.25, 0.3) is 0 Å². The molecule has 4 heteroatoms. The minimum atomic E-state index is 0.166. The number of hydrogen-bond donors (Lipinski definition) is 2. The molecule has 0 amide bonds. The molecular weight excluding hydrogens is 180 g/mol. The van der Waals surface area contributed by atoms with E-state index in [1.165, 1.54) is 0 Å². The monoisotopic (exact) mass is 204 g/mol. The molecule has 14 heavy (non-hydrogen) atoms. The second-order valence-corrected chi connectivity index (χ2v) is 3.22. The summed E-state index contributed by atoms with van der Waals surface area (Å²) < 4.78 is 10.2. The molecule has 0 fully saturated rings. The Morgan fingerprint density at radius 1 is 1.14 bits per heavy atom. The standard InChI is InChI=1S/C10H24N2O2/c1-4-11-6-5-7-12-8-10(14-3)9-13-2/h10-12H,4-9H2,1-3H3. The molecule has 0 radical (unpaired) electrons. The summed E-state index contributed by atoms with van der Waals surface area (Å²) in [4.78, 5) is 0. The van der Waals surface area contributed by atoms with Gasteiger partial charge in [0.05, 0.1) is 12.7 Å². The maximum atomic E-state index is 5.22. The molecule has 0 spiro atoms. The number of rotatable bonds is 10. The zero-order valence-electron chi connectivity index (χ0n) is 9.64. The molecule has 0 saturated heterocycles. The number of hydrogen-bond acceptors (Lipinski definition) is 4. The van der Waals surface area contributed by atoms with Crippen molar-refractivity contribution in [3.63, 3.8) is 0 Å². The highest BCUT2D eigenvalue weighted by Crippen LogP contribution is 1.88. The molecule has 0 aliphatic carbocycles. The van der Waals surface area contributed by atoms with Crippen LogP contribution >= 0.6 is 0 Å². The van der Waals surface area contributed by atoms with Crippen LogP contribution in [0.4, 0.5) is 0 Å². The average Bonchev–Trinajstić information content (AvgIpc) is 2.21. The fourth-order valence-corrected chi connectivity index (χ4v) is 1.17. The highest BCUT2D eigenvalue weighted by molar-refractivity contribution is 4.60. The first-order chi connectivity index (χ1) is 6.85. The summed E-state index contributed by atoms with van der Waals surface area (Å²) >= 11 is 0. The highest BCUT2D eigenvalue weighted by Gasteiger charge is 2.04. The van der Waals surface area contributed by atoms with Crippen LogP contribution in [0.2, 0.25) is 0 Å². The Labute approximate surface area is 87.4 Å². The Morgan fingerprint density at radius 3 is 2.43 bits per heavy atom. The van der Waals surface area contributed by atoms with Crippen molar-refractivity contribution in [3.05, 3.63) is 0 Å². The maximum Gasteiger partial charge on any atom is 0.0928 e. The van der Waals surface area contributed by atoms with Gasteiger partial charge in [-0.2, -0.15) is 0 Å². The van der Waals surface area contributed by atoms with Gasteiger partial charge in [0, 0.05) is 20.8 Å². The zero-order chi connectivity index (χ0) is 10.6. The van der Waals surface area contributed by atoms with Crippen molar-refractivity contribution < 1.29 is 9.47 Å². The van der Waals surface area contributed by atoms with Crippen LogP contribution in [-0.2, 0) is 9.47 Å². The van der Waals surface area contributed by atoms with Gasteiger partial charge in [-0.25, -0.2) is 0 Å². The van der Waals surface area contributed by atoms with Crippen molar-refractivity contribution in [1.29, 1.82) is 0 Å². The first-order valence-electron chi connectivity index (χ1n) is 5.28. The lowest BCUT2D eigenvalue weighted by atomic mass is 10.3. The Balaban J connectivity index is 3.15. The van der Waals surface area contributed by atoms with Crippen molar-refractivity contribution in [2.75, 3.05) is 47.0 Å². The van der Waals surface area contributed by atoms with E-state index in [0.717, 1.165) is 32.6 Å². The number of ether oxygens (including phenoxy) is 2. The van der Waals surface area contributed by atoms with Crippen molar-refractivity contribution in [1.82, 2.24) is 10.6 Å². The Bertz CT molecular complexity index is 112. The molecule has 86 valence electrons. The fourth-order valence-electron chi connectivity index (χ4n) is 1.17. The molecule has 0 bridgehead atoms. The Kier molecular flexibility index (Phi) is 10.8. The third-order valence-electron chi connectivity index (χ3n) is 2.02. The SMILES string of the molecule is CCNCCCNCC(COC)OC. The van der Waals surface area contributed by atoms with Crippen molar-refractivity contribution in [2.24, 2.45) is 0 Å². The average molecular weight is 204 g/mol. The van der Waals surface area contributed by atoms with Gasteiger partial charge in [-0.15, -0.1) is 0 Å². The second-order valence-electron chi connectivity index (χ2n) is 3.22. The van der Waals surface area contributed by atoms with E-state index >= 15 is 0 Å². The molecule has 0 aliphatic rings. The topological polar surface area (TPSA) is 42.5 Å². The summed E-state index contributed by atoms with van der Waals surface area (Å²) in [6, 6.07) is 0. The molecule has 0 aromatic carbocycles. The molecule has 0 saturated carbocycles. The predicted molar refractivity (Wildman–Crippen MR) is 58.7 cm³/mol. The van der Waals surface area contributed by atoms with Crippen molar-refractivity contribution in [2.45, 2.75) is 19.4 Å². The quantitative estimate of drug-likeness (QED) is 0.500. The molecule has 1 unspecified atom stereocenters. The van der Waals surface area contributed by atoms with E-state index in [0.29, 0.717) is 6.61 Å². The molecule has 0 rings (SSSR count). The van der Waals surface area contributed by atoms with E-state index in [-0.39, 0.29) is 6.10 Å². The lowest BCUT2D eigenvalue weighted by molar-refractivity contribution is 0.0290. The molecule has 0 aromatic rings. The summed E-state index contributed by atoms with van der Waals surface area (Å²) in [5, 5.41) is 6.61. The zero-order valence-corrected chi connectivity index (χ0v) is 9.64. The van der Waals surface area contributed by atoms with Crippen LogP contribution in [-0.4, -0.2) is 53.1 Å². The number of nitrogens with one attached hydrogen (secondary N) is 2. The van der Waals surface area contributed by atoms with E-state index in [1.54, 1.807) is 14.2 Å². The summed E-state index contributed by atoms with van der Waals surface area (Å²) in [6.45, 7) is 6.77. The summed E-state index contributed by atoms with van der Waals surface area (Å²) in [5.74, 6) is 0. The molecule has 0 aromatic heterocycles. The summed E-state index contributed by atoms with van der Waals surface area (Å²) in [7, 11) is 3.40. The second kappa shape index (κ2) is 10.9. The van der Waals surface area contributed by atoms with Crippen LogP contribution in [0.15, 0.2) is 0 Å². The van der Waals surface area contributed by atoms with E-state index in [4.69, 9.17) is 9.47 Å². The van der Waals surface area contributed by atoms with E-state index in [2.05, 4.69) is 17.6 Å². The van der Waals surface area contributed by atoms with Gasteiger partial charge in [-0.3, -0.25) is 0 Å². The van der Waals surface area contributed by atoms with Gasteiger partial charge in [0.2, 0.25) is 0 Å². The molecule has 0 aliphatic heterocycles. The van der Waals surface area contributed by atoms with Crippen LogP contribution in [0.3, 0.4) is 0 Å². The molecule has 0 heterocycles. The van der Waals surface area contributed by atoms with Gasteiger partial charge in [-0.1, -0.05) is 6.92 Å². The van der Waals surface area contributed by atoms with Gasteiger partial charge in [0.15, 0.2) is 0 Å². The Hall–Kier alpha value is -0.160. The minimum absolute atomic E-state index is 0.166. The molecular formula is C10H24N2O2. The van der Waals surface area contributed by atoms with Gasteiger partial charge in [0.1, 0.15) is 0 Å². The van der Waals surface area contributed by atoms with Crippen LogP contribution in [0.5, 0.6) is 0 Å². The van der Waals surface area contributed by atoms with Gasteiger partial charge in [-0.05, 0) is 26.1 Å². The van der Waals surface area contributed by atoms with Crippen molar-refractivity contribution in [3.8, 4) is 0 Å². The minimum Gasteiger partial charge on any atom is -0.382 e. The number of methoxy groups -OCH3 is 2. The first kappa shape index (κ1) is 13.8. The third-order valence-corrected chi connectivity index (χ3v) is 2.02. The van der Waals surface area contributed by atoms with Gasteiger partial charge < -0.3 is 20.1 Å². The van der Waals surface area contributed by atoms with E-state index < -0.39 is 0 Å². The van der Waals surface area contributed by atoms with E-state index in [9.17, 15) is 0 Å². The van der Waals surface area contributed by atoms with Gasteiger partial charge in [0.25, 0.3) is 0 Å². The molecule has 2 N–H and O–H groups in total. The van der Waals surface area contributed by atoms with Crippen LogP contribution in [0.1, 0.15) is 13.3 Å².